The highest BCUT2D eigenvalue weighted by molar-refractivity contribution is 14.1. The van der Waals surface area contributed by atoms with E-state index in [0.717, 1.165) is 16.7 Å². The number of hydrogen-bond donors (Lipinski definition) is 0. The molecule has 0 N–H and O–H groups in total. The standard InChI is InChI=1S/C20H15IO/c21-14-20(22)19-12-10-18(11-13-19)17-8-6-16(7-9-17)15-4-2-1-3-5-15/h1-13H,14H2. The summed E-state index contributed by atoms with van der Waals surface area (Å²) in [4.78, 5) is 11.7. The van der Waals surface area contributed by atoms with E-state index in [0.29, 0.717) is 4.43 Å². The lowest BCUT2D eigenvalue weighted by Crippen LogP contribution is -1.98. The number of rotatable bonds is 4. The maximum atomic E-state index is 11.7. The monoisotopic (exact) mass is 398 g/mol. The predicted octanol–water partition coefficient (Wildman–Crippen LogP) is 5.64. The van der Waals surface area contributed by atoms with Crippen molar-refractivity contribution in [2.75, 3.05) is 4.43 Å². The Bertz CT molecular complexity index is 759. The first kappa shape index (κ1) is 15.0. The number of alkyl halides is 1. The lowest BCUT2D eigenvalue weighted by atomic mass is 9.99. The fourth-order valence-electron chi connectivity index (χ4n) is 2.41. The molecule has 0 atom stereocenters. The van der Waals surface area contributed by atoms with Crippen molar-refractivity contribution in [2.45, 2.75) is 0 Å². The summed E-state index contributed by atoms with van der Waals surface area (Å²) in [7, 11) is 0. The molecule has 0 bridgehead atoms. The molecule has 0 saturated heterocycles. The molecule has 0 aliphatic carbocycles. The molecule has 2 heteroatoms. The summed E-state index contributed by atoms with van der Waals surface area (Å²) >= 11 is 2.10. The third-order valence-electron chi connectivity index (χ3n) is 3.65. The fourth-order valence-corrected chi connectivity index (χ4v) is 2.85. The summed E-state index contributed by atoms with van der Waals surface area (Å²) < 4.78 is 0.517. The Hall–Kier alpha value is -1.94. The van der Waals surface area contributed by atoms with E-state index in [9.17, 15) is 4.79 Å². The summed E-state index contributed by atoms with van der Waals surface area (Å²) in [6.45, 7) is 0. The molecule has 1 nitrogen and oxygen atoms in total. The summed E-state index contributed by atoms with van der Waals surface area (Å²) in [6, 6.07) is 26.7. The van der Waals surface area contributed by atoms with Gasteiger partial charge in [-0.1, -0.05) is 101 Å². The van der Waals surface area contributed by atoms with Gasteiger partial charge in [0.05, 0.1) is 4.43 Å². The van der Waals surface area contributed by atoms with Gasteiger partial charge in [-0.05, 0) is 22.3 Å². The van der Waals surface area contributed by atoms with Crippen molar-refractivity contribution in [1.29, 1.82) is 0 Å². The van der Waals surface area contributed by atoms with Crippen molar-refractivity contribution in [3.63, 3.8) is 0 Å². The maximum Gasteiger partial charge on any atom is 0.172 e. The lowest BCUT2D eigenvalue weighted by Gasteiger charge is -2.06. The van der Waals surface area contributed by atoms with Crippen LogP contribution in [0.4, 0.5) is 0 Å². The molecule has 0 aromatic heterocycles. The van der Waals surface area contributed by atoms with Crippen LogP contribution >= 0.6 is 22.6 Å². The molecule has 0 radical (unpaired) electrons. The van der Waals surface area contributed by atoms with E-state index in [1.54, 1.807) is 0 Å². The number of ketones is 1. The zero-order valence-electron chi connectivity index (χ0n) is 12.0. The van der Waals surface area contributed by atoms with E-state index in [2.05, 4.69) is 59.0 Å². The molecular weight excluding hydrogens is 383 g/mol. The summed E-state index contributed by atoms with van der Waals surface area (Å²) in [5.74, 6) is 0.173. The molecule has 108 valence electrons. The van der Waals surface area contributed by atoms with Gasteiger partial charge in [0.2, 0.25) is 0 Å². The van der Waals surface area contributed by atoms with Gasteiger partial charge >= 0.3 is 0 Å². The van der Waals surface area contributed by atoms with Gasteiger partial charge in [-0.3, -0.25) is 4.79 Å². The van der Waals surface area contributed by atoms with E-state index in [4.69, 9.17) is 0 Å². The van der Waals surface area contributed by atoms with Gasteiger partial charge in [0.25, 0.3) is 0 Å². The average molecular weight is 398 g/mol. The van der Waals surface area contributed by atoms with E-state index in [-0.39, 0.29) is 5.78 Å². The van der Waals surface area contributed by atoms with Gasteiger partial charge in [0.1, 0.15) is 0 Å². The number of carbonyl (C=O) groups is 1. The number of carbonyl (C=O) groups excluding carboxylic acids is 1. The van der Waals surface area contributed by atoms with Crippen LogP contribution in [0.25, 0.3) is 22.3 Å². The molecule has 0 heterocycles. The van der Waals surface area contributed by atoms with E-state index in [1.165, 1.54) is 11.1 Å². The van der Waals surface area contributed by atoms with Crippen LogP contribution in [-0.2, 0) is 0 Å². The molecule has 0 aliphatic heterocycles. The first-order valence-corrected chi connectivity index (χ1v) is 8.65. The van der Waals surface area contributed by atoms with Crippen LogP contribution in [-0.4, -0.2) is 10.2 Å². The second-order valence-corrected chi connectivity index (χ2v) is 5.84. The zero-order valence-corrected chi connectivity index (χ0v) is 14.2. The SMILES string of the molecule is O=C(CI)c1ccc(-c2ccc(-c3ccccc3)cc2)cc1. The molecule has 3 aromatic carbocycles. The van der Waals surface area contributed by atoms with Gasteiger partial charge in [-0.15, -0.1) is 0 Å². The lowest BCUT2D eigenvalue weighted by molar-refractivity contribution is 0.102. The Balaban J connectivity index is 1.85. The van der Waals surface area contributed by atoms with Crippen molar-refractivity contribution in [3.05, 3.63) is 84.4 Å². The maximum absolute atomic E-state index is 11.7. The van der Waals surface area contributed by atoms with Crippen LogP contribution in [0.3, 0.4) is 0 Å². The number of Topliss-reactive ketones (excluding diaryl/α,β-unsaturated/α-hetero) is 1. The minimum atomic E-state index is 0.173. The Kier molecular flexibility index (Phi) is 4.68. The smallest absolute Gasteiger partial charge is 0.172 e. The number of hydrogen-bond acceptors (Lipinski definition) is 1. The van der Waals surface area contributed by atoms with Gasteiger partial charge in [0, 0.05) is 5.56 Å². The Morgan fingerprint density at radius 1 is 0.636 bits per heavy atom. The third kappa shape index (κ3) is 3.28. The average Bonchev–Trinajstić information content (AvgIpc) is 2.62. The van der Waals surface area contributed by atoms with Crippen LogP contribution in [0.5, 0.6) is 0 Å². The highest BCUT2D eigenvalue weighted by Gasteiger charge is 2.04. The Labute approximate surface area is 144 Å². The molecule has 0 unspecified atom stereocenters. The van der Waals surface area contributed by atoms with Crippen LogP contribution in [0.1, 0.15) is 10.4 Å². The first-order chi connectivity index (χ1) is 10.8. The van der Waals surface area contributed by atoms with Crippen LogP contribution in [0, 0.1) is 0 Å². The molecule has 22 heavy (non-hydrogen) atoms. The Morgan fingerprint density at radius 2 is 1.05 bits per heavy atom. The first-order valence-electron chi connectivity index (χ1n) is 7.13. The number of benzene rings is 3. The zero-order chi connectivity index (χ0) is 15.4. The summed E-state index contributed by atoms with van der Waals surface area (Å²) in [6.07, 6.45) is 0. The van der Waals surface area contributed by atoms with Gasteiger partial charge in [-0.2, -0.15) is 0 Å². The topological polar surface area (TPSA) is 17.1 Å². The summed E-state index contributed by atoms with van der Waals surface area (Å²) in [5.41, 5.74) is 5.50. The molecule has 3 rings (SSSR count). The van der Waals surface area contributed by atoms with Crippen molar-refractivity contribution < 1.29 is 4.79 Å². The Morgan fingerprint density at radius 3 is 1.50 bits per heavy atom. The number of halogens is 1. The van der Waals surface area contributed by atoms with E-state index >= 15 is 0 Å². The fraction of sp³-hybridized carbons (Fsp3) is 0.0500. The van der Waals surface area contributed by atoms with Gasteiger partial charge < -0.3 is 0 Å². The largest absolute Gasteiger partial charge is 0.293 e. The highest BCUT2D eigenvalue weighted by atomic mass is 127. The van der Waals surface area contributed by atoms with E-state index in [1.807, 2.05) is 42.5 Å². The van der Waals surface area contributed by atoms with Gasteiger partial charge in [0.15, 0.2) is 5.78 Å². The van der Waals surface area contributed by atoms with Crippen LogP contribution in [0.15, 0.2) is 78.9 Å². The van der Waals surface area contributed by atoms with Crippen molar-refractivity contribution in [3.8, 4) is 22.3 Å². The molecule has 0 amide bonds. The van der Waals surface area contributed by atoms with Crippen LogP contribution < -0.4 is 0 Å². The normalized spacial score (nSPS) is 10.4. The second kappa shape index (κ2) is 6.88. The molecule has 3 aromatic rings. The second-order valence-electron chi connectivity index (χ2n) is 5.08. The molecular formula is C20H15IO. The third-order valence-corrected chi connectivity index (χ3v) is 4.35. The van der Waals surface area contributed by atoms with E-state index < -0.39 is 0 Å². The quantitative estimate of drug-likeness (QED) is 0.316. The van der Waals surface area contributed by atoms with Crippen molar-refractivity contribution in [1.82, 2.24) is 0 Å². The van der Waals surface area contributed by atoms with Crippen LogP contribution in [0.2, 0.25) is 0 Å². The molecule has 0 spiro atoms. The van der Waals surface area contributed by atoms with Gasteiger partial charge in [-0.25, -0.2) is 0 Å². The summed E-state index contributed by atoms with van der Waals surface area (Å²) in [5, 5.41) is 0. The molecule has 0 saturated carbocycles. The van der Waals surface area contributed by atoms with Crippen molar-refractivity contribution in [2.24, 2.45) is 0 Å². The minimum Gasteiger partial charge on any atom is -0.293 e. The highest BCUT2D eigenvalue weighted by Crippen LogP contribution is 2.25. The predicted molar refractivity (Wildman–Crippen MR) is 101 cm³/mol. The molecule has 0 fully saturated rings. The minimum absolute atomic E-state index is 0.173. The van der Waals surface area contributed by atoms with Crippen molar-refractivity contribution >= 4 is 28.4 Å². The molecule has 0 aliphatic rings.